The van der Waals surface area contributed by atoms with E-state index in [1.807, 2.05) is 23.9 Å². The molecule has 3 rings (SSSR count). The van der Waals surface area contributed by atoms with E-state index in [-0.39, 0.29) is 5.60 Å². The maximum Gasteiger partial charge on any atom is 0.0693 e. The van der Waals surface area contributed by atoms with E-state index in [4.69, 9.17) is 10.5 Å². The predicted molar refractivity (Wildman–Crippen MR) is 72.3 cm³/mol. The molecule has 1 unspecified atom stereocenters. The van der Waals surface area contributed by atoms with Gasteiger partial charge in [-0.3, -0.25) is 0 Å². The number of benzene rings is 1. The van der Waals surface area contributed by atoms with Crippen LogP contribution in [-0.4, -0.2) is 17.5 Å². The van der Waals surface area contributed by atoms with Crippen molar-refractivity contribution in [3.8, 4) is 0 Å². The number of thioether (sulfide) groups is 1. The molecule has 0 aromatic heterocycles. The van der Waals surface area contributed by atoms with Gasteiger partial charge in [0, 0.05) is 22.4 Å². The minimum absolute atomic E-state index is 0.236. The fourth-order valence-electron chi connectivity index (χ4n) is 2.77. The zero-order chi connectivity index (χ0) is 11.7. The summed E-state index contributed by atoms with van der Waals surface area (Å²) in [5, 5.41) is 0.675. The Morgan fingerprint density at radius 2 is 2.12 bits per heavy atom. The highest BCUT2D eigenvalue weighted by molar-refractivity contribution is 8.00. The second-order valence-electron chi connectivity index (χ2n) is 5.16. The number of rotatable bonds is 2. The Labute approximate surface area is 107 Å². The zero-order valence-corrected chi connectivity index (χ0v) is 10.8. The van der Waals surface area contributed by atoms with Crippen molar-refractivity contribution in [3.05, 3.63) is 24.3 Å². The van der Waals surface area contributed by atoms with E-state index in [9.17, 15) is 0 Å². The Hall–Kier alpha value is -0.670. The number of para-hydroxylation sites is 1. The smallest absolute Gasteiger partial charge is 0.0693 e. The molecule has 1 aromatic rings. The third-order valence-electron chi connectivity index (χ3n) is 3.93. The normalized spacial score (nSPS) is 26.7. The van der Waals surface area contributed by atoms with Crippen molar-refractivity contribution >= 4 is 17.4 Å². The van der Waals surface area contributed by atoms with E-state index in [1.165, 1.54) is 30.6 Å². The van der Waals surface area contributed by atoms with Gasteiger partial charge >= 0.3 is 0 Å². The van der Waals surface area contributed by atoms with Gasteiger partial charge in [0.1, 0.15) is 0 Å². The molecule has 1 aliphatic carbocycles. The Morgan fingerprint density at radius 1 is 1.29 bits per heavy atom. The van der Waals surface area contributed by atoms with E-state index < -0.39 is 0 Å². The molecule has 17 heavy (non-hydrogen) atoms. The first-order valence-corrected chi connectivity index (χ1v) is 7.31. The molecule has 1 saturated carbocycles. The molecular formula is C14H19NOS. The molecule has 0 radical (unpaired) electrons. The van der Waals surface area contributed by atoms with Crippen LogP contribution in [0.3, 0.4) is 0 Å². The molecule has 2 aliphatic rings. The Bertz CT molecular complexity index is 403. The lowest BCUT2D eigenvalue weighted by Gasteiger charge is -2.47. The van der Waals surface area contributed by atoms with Crippen molar-refractivity contribution in [3.63, 3.8) is 0 Å². The Kier molecular flexibility index (Phi) is 3.05. The predicted octanol–water partition coefficient (Wildman–Crippen LogP) is 3.46. The maximum absolute atomic E-state index is 6.00. The molecule has 1 aliphatic heterocycles. The van der Waals surface area contributed by atoms with Gasteiger partial charge in [-0.25, -0.2) is 0 Å². The summed E-state index contributed by atoms with van der Waals surface area (Å²) in [6, 6.07) is 8.18. The van der Waals surface area contributed by atoms with Gasteiger partial charge in [-0.1, -0.05) is 12.1 Å². The zero-order valence-electron chi connectivity index (χ0n) is 10.0. The number of nitrogen functional groups attached to an aromatic ring is 1. The lowest BCUT2D eigenvalue weighted by molar-refractivity contribution is -0.125. The molecule has 92 valence electrons. The summed E-state index contributed by atoms with van der Waals surface area (Å²) >= 11 is 1.94. The summed E-state index contributed by atoms with van der Waals surface area (Å²) in [4.78, 5) is 1.23. The van der Waals surface area contributed by atoms with Gasteiger partial charge in [0.25, 0.3) is 0 Å². The van der Waals surface area contributed by atoms with Crippen molar-refractivity contribution in [1.29, 1.82) is 0 Å². The summed E-state index contributed by atoms with van der Waals surface area (Å²) in [7, 11) is 0. The van der Waals surface area contributed by atoms with E-state index in [0.717, 1.165) is 18.7 Å². The van der Waals surface area contributed by atoms with Gasteiger partial charge < -0.3 is 10.5 Å². The average Bonchev–Trinajstić information content (AvgIpc) is 2.31. The van der Waals surface area contributed by atoms with E-state index >= 15 is 0 Å². The molecule has 2 N–H and O–H groups in total. The highest BCUT2D eigenvalue weighted by Gasteiger charge is 2.42. The molecule has 1 heterocycles. The average molecular weight is 249 g/mol. The molecule has 3 heteroatoms. The van der Waals surface area contributed by atoms with E-state index in [0.29, 0.717) is 5.25 Å². The number of anilines is 1. The molecule has 0 bridgehead atoms. The van der Waals surface area contributed by atoms with Crippen LogP contribution in [0.4, 0.5) is 5.69 Å². The van der Waals surface area contributed by atoms with Gasteiger partial charge in [-0.05, 0) is 44.2 Å². The van der Waals surface area contributed by atoms with Crippen LogP contribution in [-0.2, 0) is 4.74 Å². The summed E-state index contributed by atoms with van der Waals surface area (Å²) < 4.78 is 5.96. The van der Waals surface area contributed by atoms with Crippen LogP contribution in [0.1, 0.15) is 32.1 Å². The number of ether oxygens (including phenoxy) is 1. The Morgan fingerprint density at radius 3 is 2.82 bits per heavy atom. The largest absolute Gasteiger partial charge is 0.398 e. The van der Waals surface area contributed by atoms with Crippen molar-refractivity contribution in [1.82, 2.24) is 0 Å². The molecule has 2 nitrogen and oxygen atoms in total. The topological polar surface area (TPSA) is 35.2 Å². The minimum Gasteiger partial charge on any atom is -0.398 e. The first-order valence-electron chi connectivity index (χ1n) is 6.43. The van der Waals surface area contributed by atoms with E-state index in [2.05, 4.69) is 12.1 Å². The van der Waals surface area contributed by atoms with Gasteiger partial charge in [0.2, 0.25) is 0 Å². The SMILES string of the molecule is Nc1ccccc1SC1CCOC2(CCC2)C1. The molecular weight excluding hydrogens is 230 g/mol. The standard InChI is InChI=1S/C14H19NOS/c15-12-4-1-2-5-13(12)17-11-6-9-16-14(10-11)7-3-8-14/h1-2,4-5,11H,3,6-10,15H2. The highest BCUT2D eigenvalue weighted by atomic mass is 32.2. The van der Waals surface area contributed by atoms with Crippen LogP contribution >= 0.6 is 11.8 Å². The van der Waals surface area contributed by atoms with Crippen LogP contribution in [0.25, 0.3) is 0 Å². The highest BCUT2D eigenvalue weighted by Crippen LogP contribution is 2.46. The summed E-state index contributed by atoms with van der Waals surface area (Å²) in [5.41, 5.74) is 7.14. The second-order valence-corrected chi connectivity index (χ2v) is 6.50. The van der Waals surface area contributed by atoms with E-state index in [1.54, 1.807) is 0 Å². The van der Waals surface area contributed by atoms with Crippen molar-refractivity contribution in [2.75, 3.05) is 12.3 Å². The van der Waals surface area contributed by atoms with Crippen LogP contribution in [0, 0.1) is 0 Å². The van der Waals surface area contributed by atoms with Crippen LogP contribution in [0.2, 0.25) is 0 Å². The van der Waals surface area contributed by atoms with Gasteiger partial charge in [-0.15, -0.1) is 11.8 Å². The number of hydrogen-bond donors (Lipinski definition) is 1. The fraction of sp³-hybridized carbons (Fsp3) is 0.571. The van der Waals surface area contributed by atoms with Crippen molar-refractivity contribution in [2.24, 2.45) is 0 Å². The summed E-state index contributed by atoms with van der Waals surface area (Å²) in [6.45, 7) is 0.921. The van der Waals surface area contributed by atoms with Gasteiger partial charge in [-0.2, -0.15) is 0 Å². The number of hydrogen-bond acceptors (Lipinski definition) is 3. The summed E-state index contributed by atoms with van der Waals surface area (Å²) in [6.07, 6.45) is 6.21. The summed E-state index contributed by atoms with van der Waals surface area (Å²) in [5.74, 6) is 0. The van der Waals surface area contributed by atoms with Crippen molar-refractivity contribution in [2.45, 2.75) is 47.9 Å². The van der Waals surface area contributed by atoms with Crippen LogP contribution < -0.4 is 5.73 Å². The first-order chi connectivity index (χ1) is 8.27. The van der Waals surface area contributed by atoms with Gasteiger partial charge in [0.05, 0.1) is 5.60 Å². The molecule has 0 amide bonds. The molecule has 2 fully saturated rings. The molecule has 1 saturated heterocycles. The lowest BCUT2D eigenvalue weighted by Crippen LogP contribution is -2.46. The monoisotopic (exact) mass is 249 g/mol. The minimum atomic E-state index is 0.236. The third-order valence-corrected chi connectivity index (χ3v) is 5.29. The second kappa shape index (κ2) is 4.54. The first kappa shape index (κ1) is 11.4. The third kappa shape index (κ3) is 2.31. The van der Waals surface area contributed by atoms with Crippen LogP contribution in [0.5, 0.6) is 0 Å². The maximum atomic E-state index is 6.00. The molecule has 1 spiro atoms. The van der Waals surface area contributed by atoms with Gasteiger partial charge in [0.15, 0.2) is 0 Å². The van der Waals surface area contributed by atoms with Crippen molar-refractivity contribution < 1.29 is 4.74 Å². The fourth-order valence-corrected chi connectivity index (χ4v) is 4.09. The lowest BCUT2D eigenvalue weighted by atomic mass is 9.75. The Balaban J connectivity index is 1.67. The quantitative estimate of drug-likeness (QED) is 0.815. The van der Waals surface area contributed by atoms with Crippen LogP contribution in [0.15, 0.2) is 29.2 Å². The molecule has 1 aromatic carbocycles. The molecule has 1 atom stereocenters. The number of nitrogens with two attached hydrogens (primary N) is 1.